The van der Waals surface area contributed by atoms with Crippen molar-refractivity contribution in [1.29, 1.82) is 0 Å². The van der Waals surface area contributed by atoms with Gasteiger partial charge in [0.15, 0.2) is 0 Å². The Balaban J connectivity index is 1.89. The second-order valence-corrected chi connectivity index (χ2v) is 8.53. The third-order valence-corrected chi connectivity index (χ3v) is 6.43. The molecule has 25 heavy (non-hydrogen) atoms. The summed E-state index contributed by atoms with van der Waals surface area (Å²) in [5.74, 6) is 0. The fourth-order valence-electron chi connectivity index (χ4n) is 3.53. The maximum Gasteiger partial charge on any atom is 0.280 e. The Labute approximate surface area is 151 Å². The van der Waals surface area contributed by atoms with Crippen LogP contribution in [-0.2, 0) is 23.1 Å². The zero-order chi connectivity index (χ0) is 17.9. The highest BCUT2D eigenvalue weighted by atomic mass is 32.2. The van der Waals surface area contributed by atoms with E-state index in [0.717, 1.165) is 24.8 Å². The van der Waals surface area contributed by atoms with E-state index in [1.165, 1.54) is 11.1 Å². The number of hydrogen-bond donors (Lipinski definition) is 1. The smallest absolute Gasteiger partial charge is 0.200 e. The first-order valence-corrected chi connectivity index (χ1v) is 10.3. The molecule has 2 aromatic rings. The van der Waals surface area contributed by atoms with Crippen molar-refractivity contribution in [2.45, 2.75) is 45.2 Å². The second kappa shape index (κ2) is 7.68. The lowest BCUT2D eigenvalue weighted by atomic mass is 9.90. The van der Waals surface area contributed by atoms with E-state index in [4.69, 9.17) is 0 Å². The van der Waals surface area contributed by atoms with E-state index in [9.17, 15) is 8.42 Å². The number of hydrogen-bond acceptors (Lipinski definition) is 2. The molecule has 1 N–H and O–H groups in total. The molecule has 1 unspecified atom stereocenters. The summed E-state index contributed by atoms with van der Waals surface area (Å²) >= 11 is 0. The predicted molar refractivity (Wildman–Crippen MR) is 102 cm³/mol. The summed E-state index contributed by atoms with van der Waals surface area (Å²) < 4.78 is 30.1. The van der Waals surface area contributed by atoms with Gasteiger partial charge < -0.3 is 0 Å². The Morgan fingerprint density at radius 2 is 1.76 bits per heavy atom. The van der Waals surface area contributed by atoms with Gasteiger partial charge in [0, 0.05) is 12.6 Å². The molecule has 0 amide bonds. The van der Waals surface area contributed by atoms with Crippen LogP contribution < -0.4 is 4.72 Å². The minimum Gasteiger partial charge on any atom is -0.200 e. The fraction of sp³-hybridized carbons (Fsp3) is 0.400. The lowest BCUT2D eigenvalue weighted by Gasteiger charge is -2.37. The van der Waals surface area contributed by atoms with Crippen LogP contribution >= 0.6 is 0 Å². The molecule has 3 rings (SSSR count). The molecule has 1 aliphatic rings. The number of nitrogens with zero attached hydrogens (tertiary/aromatic N) is 1. The molecule has 2 aromatic carbocycles. The highest BCUT2D eigenvalue weighted by Gasteiger charge is 2.35. The quantitative estimate of drug-likeness (QED) is 0.860. The lowest BCUT2D eigenvalue weighted by Crippen LogP contribution is -2.48. The zero-order valence-electron chi connectivity index (χ0n) is 14.9. The minimum atomic E-state index is -3.50. The van der Waals surface area contributed by atoms with Crippen LogP contribution in [0.1, 0.15) is 43.0 Å². The molecule has 1 heterocycles. The maximum atomic E-state index is 12.8. The van der Waals surface area contributed by atoms with Gasteiger partial charge in [0.25, 0.3) is 10.2 Å². The molecule has 0 fully saturated rings. The van der Waals surface area contributed by atoms with Crippen molar-refractivity contribution in [3.05, 3.63) is 71.3 Å². The number of nitrogens with one attached hydrogen (secondary N) is 1. The van der Waals surface area contributed by atoms with Gasteiger partial charge in [-0.1, -0.05) is 54.6 Å². The Hall–Kier alpha value is -1.69. The van der Waals surface area contributed by atoms with Gasteiger partial charge in [0.05, 0.1) is 6.04 Å². The standard InChI is InChI=1S/C20H26N2O2S/c1-16(2)21-25(23,24)22-15-14-18-10-6-7-11-19(18)20(22)13-12-17-8-4-3-5-9-17/h3-11,16,20-21H,12-15H2,1-2H3. The van der Waals surface area contributed by atoms with Crippen LogP contribution in [0.5, 0.6) is 0 Å². The van der Waals surface area contributed by atoms with E-state index in [-0.39, 0.29) is 12.1 Å². The van der Waals surface area contributed by atoms with E-state index < -0.39 is 10.2 Å². The summed E-state index contributed by atoms with van der Waals surface area (Å²) in [6, 6.07) is 18.2. The lowest BCUT2D eigenvalue weighted by molar-refractivity contribution is 0.288. The van der Waals surface area contributed by atoms with Gasteiger partial charge in [0.1, 0.15) is 0 Å². The van der Waals surface area contributed by atoms with Gasteiger partial charge in [-0.25, -0.2) is 0 Å². The second-order valence-electron chi connectivity index (χ2n) is 6.88. The highest BCUT2D eigenvalue weighted by Crippen LogP contribution is 2.34. The van der Waals surface area contributed by atoms with E-state index >= 15 is 0 Å². The van der Waals surface area contributed by atoms with E-state index in [1.54, 1.807) is 4.31 Å². The molecular weight excluding hydrogens is 332 g/mol. The molecule has 0 spiro atoms. The van der Waals surface area contributed by atoms with Crippen LogP contribution in [0.15, 0.2) is 54.6 Å². The van der Waals surface area contributed by atoms with Crippen molar-refractivity contribution < 1.29 is 8.42 Å². The average Bonchev–Trinajstić information content (AvgIpc) is 2.59. The average molecular weight is 359 g/mol. The molecule has 0 saturated heterocycles. The van der Waals surface area contributed by atoms with Crippen LogP contribution in [-0.4, -0.2) is 25.3 Å². The molecule has 4 nitrogen and oxygen atoms in total. The van der Waals surface area contributed by atoms with Crippen molar-refractivity contribution in [1.82, 2.24) is 9.03 Å². The first-order chi connectivity index (χ1) is 12.0. The van der Waals surface area contributed by atoms with Gasteiger partial charge in [-0.2, -0.15) is 17.4 Å². The molecule has 1 aliphatic heterocycles. The van der Waals surface area contributed by atoms with Crippen molar-refractivity contribution in [3.8, 4) is 0 Å². The van der Waals surface area contributed by atoms with Gasteiger partial charge >= 0.3 is 0 Å². The van der Waals surface area contributed by atoms with E-state index in [2.05, 4.69) is 29.0 Å². The third kappa shape index (κ3) is 4.29. The highest BCUT2D eigenvalue weighted by molar-refractivity contribution is 7.87. The number of rotatable bonds is 6. The third-order valence-electron chi connectivity index (χ3n) is 4.61. The topological polar surface area (TPSA) is 49.4 Å². The molecule has 0 aromatic heterocycles. The van der Waals surface area contributed by atoms with Crippen molar-refractivity contribution in [2.24, 2.45) is 0 Å². The molecular formula is C20H26N2O2S. The summed E-state index contributed by atoms with van der Waals surface area (Å²) in [5, 5.41) is 0. The first kappa shape index (κ1) is 18.1. The summed E-state index contributed by atoms with van der Waals surface area (Å²) in [7, 11) is -3.50. The van der Waals surface area contributed by atoms with E-state index in [1.807, 2.05) is 44.2 Å². The normalized spacial score (nSPS) is 18.3. The molecule has 0 bridgehead atoms. The summed E-state index contributed by atoms with van der Waals surface area (Å²) in [6.07, 6.45) is 2.39. The Bertz CT molecular complexity index is 803. The molecule has 0 saturated carbocycles. The Morgan fingerprint density at radius 3 is 2.48 bits per heavy atom. The van der Waals surface area contributed by atoms with Crippen LogP contribution in [0.3, 0.4) is 0 Å². The van der Waals surface area contributed by atoms with Gasteiger partial charge in [-0.3, -0.25) is 0 Å². The first-order valence-electron chi connectivity index (χ1n) is 8.88. The monoisotopic (exact) mass is 358 g/mol. The van der Waals surface area contributed by atoms with Crippen LogP contribution in [0.2, 0.25) is 0 Å². The summed E-state index contributed by atoms with van der Waals surface area (Å²) in [5.41, 5.74) is 3.63. The molecule has 0 radical (unpaired) electrons. The largest absolute Gasteiger partial charge is 0.280 e. The van der Waals surface area contributed by atoms with Crippen LogP contribution in [0.25, 0.3) is 0 Å². The molecule has 5 heteroatoms. The molecule has 134 valence electrons. The Kier molecular flexibility index (Phi) is 5.57. The van der Waals surface area contributed by atoms with Gasteiger partial charge in [0.2, 0.25) is 0 Å². The maximum absolute atomic E-state index is 12.8. The minimum absolute atomic E-state index is 0.114. The number of fused-ring (bicyclic) bond motifs is 1. The summed E-state index contributed by atoms with van der Waals surface area (Å²) in [6.45, 7) is 4.24. The van der Waals surface area contributed by atoms with Crippen LogP contribution in [0.4, 0.5) is 0 Å². The number of aryl methyl sites for hydroxylation is 1. The van der Waals surface area contributed by atoms with Crippen LogP contribution in [0, 0.1) is 0 Å². The molecule has 0 aliphatic carbocycles. The van der Waals surface area contributed by atoms with Gasteiger partial charge in [-0.05, 0) is 49.8 Å². The Morgan fingerprint density at radius 1 is 1.08 bits per heavy atom. The SMILES string of the molecule is CC(C)NS(=O)(=O)N1CCc2ccccc2C1CCc1ccccc1. The fourth-order valence-corrected chi connectivity index (χ4v) is 5.15. The predicted octanol–water partition coefficient (Wildman–Crippen LogP) is 3.46. The van der Waals surface area contributed by atoms with Crippen molar-refractivity contribution in [3.63, 3.8) is 0 Å². The van der Waals surface area contributed by atoms with E-state index in [0.29, 0.717) is 6.54 Å². The summed E-state index contributed by atoms with van der Waals surface area (Å²) in [4.78, 5) is 0. The molecule has 1 atom stereocenters. The van der Waals surface area contributed by atoms with Crippen molar-refractivity contribution >= 4 is 10.2 Å². The van der Waals surface area contributed by atoms with Crippen molar-refractivity contribution in [2.75, 3.05) is 6.54 Å². The van der Waals surface area contributed by atoms with Gasteiger partial charge in [-0.15, -0.1) is 0 Å². The number of benzene rings is 2. The zero-order valence-corrected chi connectivity index (χ0v) is 15.7.